The van der Waals surface area contributed by atoms with Gasteiger partial charge in [0, 0.05) is 47.6 Å². The Hall–Kier alpha value is -1.74. The zero-order valence-corrected chi connectivity index (χ0v) is 13.6. The van der Waals surface area contributed by atoms with Gasteiger partial charge in [-0.15, -0.1) is 10.2 Å². The van der Waals surface area contributed by atoms with Crippen LogP contribution in [0, 0.1) is 0 Å². The summed E-state index contributed by atoms with van der Waals surface area (Å²) < 4.78 is 10.2. The third-order valence-corrected chi connectivity index (χ3v) is 2.75. The van der Waals surface area contributed by atoms with Crippen LogP contribution in [-0.2, 0) is 4.74 Å². The predicted octanol–water partition coefficient (Wildman–Crippen LogP) is 0.310. The molecular formula is C12H11N5NaO3. The summed E-state index contributed by atoms with van der Waals surface area (Å²) in [4.78, 5) is 14.7. The molecule has 9 heteroatoms. The maximum atomic E-state index is 12.0. The number of benzene rings is 1. The van der Waals surface area contributed by atoms with Crippen molar-refractivity contribution in [3.63, 3.8) is 0 Å². The Morgan fingerprint density at radius 3 is 2.86 bits per heavy atom. The van der Waals surface area contributed by atoms with Gasteiger partial charge in [-0.05, 0) is 29.5 Å². The van der Waals surface area contributed by atoms with Gasteiger partial charge in [-0.25, -0.2) is 0 Å². The molecule has 3 rings (SSSR count). The number of ether oxygens (including phenoxy) is 2. The fourth-order valence-electron chi connectivity index (χ4n) is 1.84. The van der Waals surface area contributed by atoms with E-state index in [1.165, 1.54) is 0 Å². The molecule has 2 heterocycles. The van der Waals surface area contributed by atoms with Gasteiger partial charge in [0.2, 0.25) is 5.82 Å². The number of methoxy groups -OCH3 is 1. The van der Waals surface area contributed by atoms with Crippen molar-refractivity contribution in [1.29, 1.82) is 0 Å². The van der Waals surface area contributed by atoms with Crippen LogP contribution in [0.25, 0.3) is 22.3 Å². The molecule has 0 aliphatic heterocycles. The topological polar surface area (TPSA) is 106 Å². The maximum Gasteiger partial charge on any atom is 0.259 e. The van der Waals surface area contributed by atoms with Gasteiger partial charge in [0.15, 0.2) is 6.79 Å². The zero-order chi connectivity index (χ0) is 13.9. The van der Waals surface area contributed by atoms with Gasteiger partial charge in [0.25, 0.3) is 5.56 Å². The first kappa shape index (κ1) is 15.6. The van der Waals surface area contributed by atoms with E-state index >= 15 is 0 Å². The van der Waals surface area contributed by atoms with E-state index in [0.717, 1.165) is 5.39 Å². The Balaban J connectivity index is 0.00000161. The maximum absolute atomic E-state index is 12.0. The summed E-state index contributed by atoms with van der Waals surface area (Å²) in [5.74, 6) is 0.891. The molecule has 0 fully saturated rings. The normalized spacial score (nSPS) is 10.3. The van der Waals surface area contributed by atoms with E-state index in [9.17, 15) is 4.79 Å². The first-order valence-corrected chi connectivity index (χ1v) is 5.80. The van der Waals surface area contributed by atoms with Gasteiger partial charge in [0.1, 0.15) is 5.75 Å². The van der Waals surface area contributed by atoms with E-state index in [0.29, 0.717) is 16.8 Å². The van der Waals surface area contributed by atoms with Crippen molar-refractivity contribution in [2.75, 3.05) is 13.9 Å². The quantitative estimate of drug-likeness (QED) is 0.530. The Morgan fingerprint density at radius 2 is 2.14 bits per heavy atom. The van der Waals surface area contributed by atoms with Gasteiger partial charge in [-0.1, -0.05) is 0 Å². The molecule has 0 aliphatic carbocycles. The van der Waals surface area contributed by atoms with E-state index in [1.54, 1.807) is 31.4 Å². The number of tetrazole rings is 1. The molecule has 3 aromatic rings. The summed E-state index contributed by atoms with van der Waals surface area (Å²) in [6.07, 6.45) is 0. The van der Waals surface area contributed by atoms with E-state index in [1.807, 2.05) is 0 Å². The van der Waals surface area contributed by atoms with Crippen molar-refractivity contribution < 1.29 is 9.47 Å². The number of hydrogen-bond acceptors (Lipinski definition) is 6. The van der Waals surface area contributed by atoms with Crippen LogP contribution >= 0.6 is 0 Å². The van der Waals surface area contributed by atoms with Crippen LogP contribution in [0.2, 0.25) is 0 Å². The molecule has 0 spiro atoms. The summed E-state index contributed by atoms with van der Waals surface area (Å²) in [5.41, 5.74) is 0.770. The molecule has 2 aromatic heterocycles. The van der Waals surface area contributed by atoms with E-state index in [-0.39, 0.29) is 47.7 Å². The summed E-state index contributed by atoms with van der Waals surface area (Å²) in [7, 11) is 1.55. The molecule has 0 amide bonds. The number of fused-ring (bicyclic) bond motifs is 1. The molecule has 2 N–H and O–H groups in total. The molecule has 0 unspecified atom stereocenters. The number of H-pyrrole nitrogens is 2. The first-order valence-electron chi connectivity index (χ1n) is 5.80. The molecule has 0 bridgehead atoms. The minimum Gasteiger partial charge on any atom is -0.468 e. The van der Waals surface area contributed by atoms with Gasteiger partial charge >= 0.3 is 0 Å². The van der Waals surface area contributed by atoms with Crippen molar-refractivity contribution in [2.45, 2.75) is 0 Å². The van der Waals surface area contributed by atoms with Gasteiger partial charge < -0.3 is 14.5 Å². The van der Waals surface area contributed by atoms with Crippen LogP contribution in [-0.4, -0.2) is 69.1 Å². The third-order valence-electron chi connectivity index (χ3n) is 2.75. The van der Waals surface area contributed by atoms with Gasteiger partial charge in [0.05, 0.1) is 5.56 Å². The Labute approximate surface area is 141 Å². The number of nitrogens with zero attached hydrogens (tertiary/aromatic N) is 3. The van der Waals surface area contributed by atoms with Gasteiger partial charge in [-0.3, -0.25) is 4.79 Å². The summed E-state index contributed by atoms with van der Waals surface area (Å²) in [5, 5.41) is 14.2. The van der Waals surface area contributed by atoms with Crippen molar-refractivity contribution in [1.82, 2.24) is 25.6 Å². The fraction of sp³-hybridized carbons (Fsp3) is 0.167. The van der Waals surface area contributed by atoms with Crippen LogP contribution in [0.5, 0.6) is 5.75 Å². The monoisotopic (exact) mass is 296 g/mol. The number of pyridine rings is 1. The van der Waals surface area contributed by atoms with E-state index in [2.05, 4.69) is 25.6 Å². The minimum atomic E-state index is -0.274. The second-order valence-electron chi connectivity index (χ2n) is 4.05. The molecule has 8 nitrogen and oxygen atoms in total. The molecule has 1 radical (unpaired) electrons. The first-order chi connectivity index (χ1) is 9.78. The average Bonchev–Trinajstić information content (AvgIpc) is 2.98. The Morgan fingerprint density at radius 1 is 1.29 bits per heavy atom. The van der Waals surface area contributed by atoms with E-state index < -0.39 is 0 Å². The van der Waals surface area contributed by atoms with Crippen molar-refractivity contribution in [3.8, 4) is 17.1 Å². The number of hydrogen-bond donors (Lipinski definition) is 2. The zero-order valence-electron chi connectivity index (χ0n) is 11.6. The van der Waals surface area contributed by atoms with Crippen molar-refractivity contribution in [3.05, 3.63) is 34.6 Å². The van der Waals surface area contributed by atoms with E-state index in [4.69, 9.17) is 9.47 Å². The van der Waals surface area contributed by atoms with Crippen LogP contribution in [0.3, 0.4) is 0 Å². The second-order valence-corrected chi connectivity index (χ2v) is 4.05. The minimum absolute atomic E-state index is 0. The molecular weight excluding hydrogens is 285 g/mol. The average molecular weight is 296 g/mol. The van der Waals surface area contributed by atoms with Crippen LogP contribution < -0.4 is 10.3 Å². The molecule has 0 atom stereocenters. The number of aromatic nitrogens is 5. The third kappa shape index (κ3) is 3.30. The van der Waals surface area contributed by atoms with Gasteiger partial charge in [-0.2, -0.15) is 5.21 Å². The predicted molar refractivity (Wildman–Crippen MR) is 76.0 cm³/mol. The summed E-state index contributed by atoms with van der Waals surface area (Å²) in [6.45, 7) is 0.159. The Bertz CT molecular complexity index is 787. The molecule has 0 saturated carbocycles. The fourth-order valence-corrected chi connectivity index (χ4v) is 1.84. The van der Waals surface area contributed by atoms with Crippen molar-refractivity contribution >= 4 is 40.5 Å². The van der Waals surface area contributed by atoms with Crippen LogP contribution in [0.1, 0.15) is 0 Å². The summed E-state index contributed by atoms with van der Waals surface area (Å²) in [6, 6.07) is 7.01. The molecule has 21 heavy (non-hydrogen) atoms. The second kappa shape index (κ2) is 6.81. The van der Waals surface area contributed by atoms with Crippen LogP contribution in [0.15, 0.2) is 29.1 Å². The van der Waals surface area contributed by atoms with Crippen LogP contribution in [0.4, 0.5) is 0 Å². The largest absolute Gasteiger partial charge is 0.468 e. The number of aromatic amines is 2. The molecule has 103 valence electrons. The molecule has 1 aromatic carbocycles. The summed E-state index contributed by atoms with van der Waals surface area (Å²) >= 11 is 0. The Kier molecular flexibility index (Phi) is 5.07. The number of nitrogens with one attached hydrogen (secondary N) is 2. The SMILES string of the molecule is COCOc1ccc2[nH]c(=O)c(-c3nn[nH]n3)cc2c1.[Na]. The standard InChI is InChI=1S/C12H11N5O3.Na/c1-19-6-20-8-2-3-10-7(4-8)5-9(12(18)13-10)11-14-16-17-15-11;/h2-5H,6H2,1H3,(H,13,18)(H,14,15,16,17);. The molecule has 0 saturated heterocycles. The van der Waals surface area contributed by atoms with Crippen molar-refractivity contribution in [2.24, 2.45) is 0 Å². The number of rotatable bonds is 4. The molecule has 0 aliphatic rings. The smallest absolute Gasteiger partial charge is 0.259 e.